The molecule has 2 aromatic rings. The van der Waals surface area contributed by atoms with E-state index in [0.717, 1.165) is 62.5 Å². The van der Waals surface area contributed by atoms with E-state index in [1.807, 2.05) is 32.3 Å². The Balaban J connectivity index is 1.36. The van der Waals surface area contributed by atoms with Crippen LogP contribution in [0.25, 0.3) is 0 Å². The van der Waals surface area contributed by atoms with Crippen molar-refractivity contribution in [3.05, 3.63) is 35.5 Å². The van der Waals surface area contributed by atoms with Gasteiger partial charge in [-0.2, -0.15) is 0 Å². The summed E-state index contributed by atoms with van der Waals surface area (Å²) in [7, 11) is 0. The molecule has 2 fully saturated rings. The van der Waals surface area contributed by atoms with Crippen molar-refractivity contribution in [3.8, 4) is 0 Å². The molecular formula is C18H25N5O2. The van der Waals surface area contributed by atoms with Gasteiger partial charge in [0.15, 0.2) is 0 Å². The van der Waals surface area contributed by atoms with Crippen LogP contribution in [-0.4, -0.2) is 51.4 Å². The molecule has 134 valence electrons. The van der Waals surface area contributed by atoms with E-state index in [-0.39, 0.29) is 5.60 Å². The minimum Gasteiger partial charge on any atom is -0.373 e. The number of nitrogens with one attached hydrogen (secondary N) is 1. The molecule has 2 aliphatic rings. The number of anilines is 1. The molecule has 2 aromatic heterocycles. The Kier molecular flexibility index (Phi) is 4.43. The molecule has 0 radical (unpaired) electrons. The van der Waals surface area contributed by atoms with Gasteiger partial charge in [0, 0.05) is 50.7 Å². The van der Waals surface area contributed by atoms with Crippen LogP contribution in [0.15, 0.2) is 23.0 Å². The van der Waals surface area contributed by atoms with Crippen molar-refractivity contribution in [2.75, 3.05) is 25.0 Å². The first kappa shape index (κ1) is 16.5. The van der Waals surface area contributed by atoms with Gasteiger partial charge in [0.25, 0.3) is 0 Å². The normalized spacial score (nSPS) is 27.0. The molecule has 1 N–H and O–H groups in total. The average Bonchev–Trinajstić information content (AvgIpc) is 3.17. The van der Waals surface area contributed by atoms with E-state index >= 15 is 0 Å². The van der Waals surface area contributed by atoms with Crippen molar-refractivity contribution >= 4 is 5.95 Å². The van der Waals surface area contributed by atoms with Crippen LogP contribution in [0, 0.1) is 13.8 Å². The van der Waals surface area contributed by atoms with Crippen LogP contribution in [-0.2, 0) is 11.3 Å². The topological polar surface area (TPSA) is 76.3 Å². The molecule has 0 aliphatic carbocycles. The highest BCUT2D eigenvalue weighted by molar-refractivity contribution is 5.26. The van der Waals surface area contributed by atoms with Gasteiger partial charge in [-0.1, -0.05) is 5.16 Å². The van der Waals surface area contributed by atoms with E-state index in [0.29, 0.717) is 12.0 Å². The van der Waals surface area contributed by atoms with Gasteiger partial charge in [0.05, 0.1) is 11.3 Å². The summed E-state index contributed by atoms with van der Waals surface area (Å²) >= 11 is 0. The van der Waals surface area contributed by atoms with E-state index in [1.54, 1.807) is 0 Å². The lowest BCUT2D eigenvalue weighted by molar-refractivity contribution is -0.0738. The second-order valence-electron chi connectivity index (χ2n) is 7.34. The van der Waals surface area contributed by atoms with E-state index in [9.17, 15) is 0 Å². The predicted molar refractivity (Wildman–Crippen MR) is 93.2 cm³/mol. The maximum atomic E-state index is 6.22. The molecule has 0 aromatic carbocycles. The first-order valence-corrected chi connectivity index (χ1v) is 8.94. The van der Waals surface area contributed by atoms with Crippen LogP contribution in [0.4, 0.5) is 5.95 Å². The molecule has 25 heavy (non-hydrogen) atoms. The number of aromatic nitrogens is 3. The lowest BCUT2D eigenvalue weighted by Crippen LogP contribution is -2.46. The number of likely N-dealkylation sites (tertiary alicyclic amines) is 1. The summed E-state index contributed by atoms with van der Waals surface area (Å²) in [5, 5.41) is 7.58. The first-order valence-electron chi connectivity index (χ1n) is 8.94. The van der Waals surface area contributed by atoms with Gasteiger partial charge in [-0.25, -0.2) is 9.97 Å². The monoisotopic (exact) mass is 343 g/mol. The molecule has 0 unspecified atom stereocenters. The molecule has 0 saturated carbocycles. The minimum absolute atomic E-state index is 0.0700. The maximum Gasteiger partial charge on any atom is 0.222 e. The van der Waals surface area contributed by atoms with E-state index in [1.165, 1.54) is 0 Å². The fraction of sp³-hybridized carbons (Fsp3) is 0.611. The summed E-state index contributed by atoms with van der Waals surface area (Å²) in [5.41, 5.74) is 2.00. The van der Waals surface area contributed by atoms with Crippen LogP contribution in [0.5, 0.6) is 0 Å². The first-order chi connectivity index (χ1) is 12.1. The van der Waals surface area contributed by atoms with E-state index < -0.39 is 0 Å². The van der Waals surface area contributed by atoms with Crippen LogP contribution < -0.4 is 5.32 Å². The largest absolute Gasteiger partial charge is 0.373 e. The van der Waals surface area contributed by atoms with Crippen LogP contribution >= 0.6 is 0 Å². The Morgan fingerprint density at radius 3 is 2.92 bits per heavy atom. The lowest BCUT2D eigenvalue weighted by atomic mass is 9.89. The summed E-state index contributed by atoms with van der Waals surface area (Å²) in [5.74, 6) is 1.57. The Labute approximate surface area is 147 Å². The smallest absolute Gasteiger partial charge is 0.222 e. The van der Waals surface area contributed by atoms with Gasteiger partial charge in [0.1, 0.15) is 5.76 Å². The molecule has 1 spiro atoms. The van der Waals surface area contributed by atoms with Crippen LogP contribution in [0.1, 0.15) is 36.3 Å². The molecule has 7 heteroatoms. The highest BCUT2D eigenvalue weighted by Gasteiger charge is 2.43. The Morgan fingerprint density at radius 1 is 1.32 bits per heavy atom. The van der Waals surface area contributed by atoms with Crippen molar-refractivity contribution < 1.29 is 9.26 Å². The molecule has 2 saturated heterocycles. The van der Waals surface area contributed by atoms with Crippen molar-refractivity contribution in [2.45, 2.75) is 51.3 Å². The van der Waals surface area contributed by atoms with Crippen LogP contribution in [0.3, 0.4) is 0 Å². The quantitative estimate of drug-likeness (QED) is 0.913. The molecule has 4 heterocycles. The number of nitrogens with zero attached hydrogens (tertiary/aromatic N) is 4. The minimum atomic E-state index is -0.0700. The Hall–Kier alpha value is -1.99. The molecule has 2 aliphatic heterocycles. The van der Waals surface area contributed by atoms with Gasteiger partial charge < -0.3 is 14.6 Å². The van der Waals surface area contributed by atoms with Crippen LogP contribution in [0.2, 0.25) is 0 Å². The van der Waals surface area contributed by atoms with Gasteiger partial charge in [0.2, 0.25) is 5.95 Å². The van der Waals surface area contributed by atoms with Gasteiger partial charge in [-0.15, -0.1) is 0 Å². The lowest BCUT2D eigenvalue weighted by Gasteiger charge is -2.38. The zero-order valence-electron chi connectivity index (χ0n) is 14.9. The number of rotatable bonds is 4. The molecular weight excluding hydrogens is 318 g/mol. The summed E-state index contributed by atoms with van der Waals surface area (Å²) < 4.78 is 11.4. The van der Waals surface area contributed by atoms with E-state index in [4.69, 9.17) is 9.26 Å². The maximum absolute atomic E-state index is 6.22. The fourth-order valence-corrected chi connectivity index (χ4v) is 3.87. The third-order valence-corrected chi connectivity index (χ3v) is 5.06. The van der Waals surface area contributed by atoms with Gasteiger partial charge in [-0.05, 0) is 38.7 Å². The van der Waals surface area contributed by atoms with Gasteiger partial charge >= 0.3 is 0 Å². The van der Waals surface area contributed by atoms with Crippen molar-refractivity contribution in [1.29, 1.82) is 0 Å². The molecule has 0 bridgehead atoms. The summed E-state index contributed by atoms with van der Waals surface area (Å²) in [6.45, 7) is 7.49. The molecule has 2 atom stereocenters. The summed E-state index contributed by atoms with van der Waals surface area (Å²) in [4.78, 5) is 11.1. The van der Waals surface area contributed by atoms with Crippen molar-refractivity contribution in [1.82, 2.24) is 20.0 Å². The standard InChI is InChI=1S/C18H25N5O2/c1-13-9-19-17(20-10-13)21-15-3-6-24-18(8-15)4-5-23(12-18)11-16-7-14(2)25-22-16/h7,9-10,15H,3-6,8,11-12H2,1-2H3,(H,19,20,21)/t15-,18-/m0/s1. The second kappa shape index (κ2) is 6.72. The number of ether oxygens (including phenoxy) is 1. The SMILES string of the molecule is Cc1cnc(N[C@H]2CCO[C@@]3(CCN(Cc4cc(C)on4)C3)C2)nc1. The molecule has 7 nitrogen and oxygen atoms in total. The number of hydrogen-bond acceptors (Lipinski definition) is 7. The zero-order chi connectivity index (χ0) is 17.3. The zero-order valence-corrected chi connectivity index (χ0v) is 14.9. The number of aryl methyl sites for hydroxylation is 2. The highest BCUT2D eigenvalue weighted by Crippen LogP contribution is 2.35. The fourth-order valence-electron chi connectivity index (χ4n) is 3.87. The molecule has 4 rings (SSSR count). The highest BCUT2D eigenvalue weighted by atomic mass is 16.5. The Morgan fingerprint density at radius 2 is 2.16 bits per heavy atom. The van der Waals surface area contributed by atoms with Crippen molar-refractivity contribution in [2.24, 2.45) is 0 Å². The summed E-state index contributed by atoms with van der Waals surface area (Å²) in [6.07, 6.45) is 6.72. The van der Waals surface area contributed by atoms with Gasteiger partial charge in [-0.3, -0.25) is 4.90 Å². The van der Waals surface area contributed by atoms with Crippen molar-refractivity contribution in [3.63, 3.8) is 0 Å². The third-order valence-electron chi connectivity index (χ3n) is 5.06. The Bertz CT molecular complexity index is 717. The number of hydrogen-bond donors (Lipinski definition) is 1. The predicted octanol–water partition coefficient (Wildman–Crippen LogP) is 2.32. The molecule has 0 amide bonds. The summed E-state index contributed by atoms with van der Waals surface area (Å²) in [6, 6.07) is 2.36. The average molecular weight is 343 g/mol. The third kappa shape index (κ3) is 3.82. The second-order valence-corrected chi connectivity index (χ2v) is 7.34. The van der Waals surface area contributed by atoms with E-state index in [2.05, 4.69) is 25.3 Å².